The molecule has 0 aliphatic carbocycles. The average Bonchev–Trinajstić information content (AvgIpc) is 3.10. The van der Waals surface area contributed by atoms with Crippen LogP contribution in [0, 0.1) is 0 Å². The third-order valence-corrected chi connectivity index (χ3v) is 2.61. The van der Waals surface area contributed by atoms with Crippen LogP contribution in [-0.4, -0.2) is 34.7 Å². The van der Waals surface area contributed by atoms with Gasteiger partial charge in [-0.3, -0.25) is 0 Å². The van der Waals surface area contributed by atoms with Crippen molar-refractivity contribution in [3.05, 3.63) is 30.3 Å². The lowest BCUT2D eigenvalue weighted by atomic mass is 10.4. The molecular weight excluding hydrogens is 248 g/mol. The molecule has 3 heterocycles. The standard InChI is InChI=1S/C10H12N8O/c1-17-6-12-3-8(17)10-13-9(19-15-10)5-18-4-7(2-11)14-16-18/h3-4,6H,2,5,11H2,1H3. The highest BCUT2D eigenvalue weighted by Gasteiger charge is 2.12. The van der Waals surface area contributed by atoms with Gasteiger partial charge in [-0.1, -0.05) is 10.4 Å². The van der Waals surface area contributed by atoms with Crippen LogP contribution in [-0.2, 0) is 20.1 Å². The molecule has 9 nitrogen and oxygen atoms in total. The van der Waals surface area contributed by atoms with Crippen LogP contribution in [0.25, 0.3) is 11.5 Å². The van der Waals surface area contributed by atoms with E-state index in [1.807, 2.05) is 11.6 Å². The van der Waals surface area contributed by atoms with Crippen molar-refractivity contribution in [3.63, 3.8) is 0 Å². The number of imidazole rings is 1. The maximum absolute atomic E-state index is 5.46. The lowest BCUT2D eigenvalue weighted by Crippen LogP contribution is -2.01. The molecule has 0 spiro atoms. The molecule has 3 aromatic rings. The summed E-state index contributed by atoms with van der Waals surface area (Å²) >= 11 is 0. The number of aryl methyl sites for hydroxylation is 1. The zero-order valence-corrected chi connectivity index (χ0v) is 10.3. The molecule has 0 amide bonds. The monoisotopic (exact) mass is 260 g/mol. The van der Waals surface area contributed by atoms with Gasteiger partial charge in [-0.15, -0.1) is 5.10 Å². The first kappa shape index (κ1) is 11.5. The molecular formula is C10H12N8O. The minimum atomic E-state index is 0.351. The van der Waals surface area contributed by atoms with E-state index in [9.17, 15) is 0 Å². The zero-order valence-electron chi connectivity index (χ0n) is 10.3. The second-order valence-corrected chi connectivity index (χ2v) is 4.01. The van der Waals surface area contributed by atoms with Gasteiger partial charge in [0.25, 0.3) is 0 Å². The normalized spacial score (nSPS) is 11.1. The summed E-state index contributed by atoms with van der Waals surface area (Å²) < 4.78 is 8.58. The Balaban J connectivity index is 1.80. The summed E-state index contributed by atoms with van der Waals surface area (Å²) in [6, 6.07) is 0. The fraction of sp³-hybridized carbons (Fsp3) is 0.300. The van der Waals surface area contributed by atoms with Crippen molar-refractivity contribution in [2.75, 3.05) is 0 Å². The summed E-state index contributed by atoms with van der Waals surface area (Å²) in [6.45, 7) is 0.710. The molecule has 0 atom stereocenters. The van der Waals surface area contributed by atoms with E-state index in [2.05, 4.69) is 25.4 Å². The van der Waals surface area contributed by atoms with Crippen molar-refractivity contribution in [2.45, 2.75) is 13.1 Å². The Morgan fingerprint density at radius 3 is 3.00 bits per heavy atom. The number of nitrogens with zero attached hydrogens (tertiary/aromatic N) is 7. The van der Waals surface area contributed by atoms with Crippen LogP contribution >= 0.6 is 0 Å². The number of hydrogen-bond acceptors (Lipinski definition) is 7. The molecule has 0 saturated heterocycles. The Bertz CT molecular complexity index is 681. The van der Waals surface area contributed by atoms with Gasteiger partial charge in [0.2, 0.25) is 11.7 Å². The maximum atomic E-state index is 5.46. The second kappa shape index (κ2) is 4.61. The lowest BCUT2D eigenvalue weighted by molar-refractivity contribution is 0.364. The smallest absolute Gasteiger partial charge is 0.248 e. The fourth-order valence-corrected chi connectivity index (χ4v) is 1.64. The Labute approximate surface area is 108 Å². The van der Waals surface area contributed by atoms with Gasteiger partial charge in [0.15, 0.2) is 0 Å². The minimum Gasteiger partial charge on any atom is -0.337 e. The van der Waals surface area contributed by atoms with E-state index in [-0.39, 0.29) is 0 Å². The Hall–Kier alpha value is -2.55. The first-order valence-corrected chi connectivity index (χ1v) is 5.64. The Morgan fingerprint density at radius 1 is 1.42 bits per heavy atom. The van der Waals surface area contributed by atoms with E-state index >= 15 is 0 Å². The topological polar surface area (TPSA) is 113 Å². The minimum absolute atomic E-state index is 0.351. The number of hydrogen-bond donors (Lipinski definition) is 1. The first-order valence-electron chi connectivity index (χ1n) is 5.64. The summed E-state index contributed by atoms with van der Waals surface area (Å²) in [5.41, 5.74) is 6.97. The van der Waals surface area contributed by atoms with Crippen LogP contribution < -0.4 is 5.73 Å². The van der Waals surface area contributed by atoms with E-state index in [1.54, 1.807) is 23.4 Å². The van der Waals surface area contributed by atoms with Crippen molar-refractivity contribution in [3.8, 4) is 11.5 Å². The summed E-state index contributed by atoms with van der Waals surface area (Å²) in [5, 5.41) is 11.7. The SMILES string of the molecule is Cn1cncc1-c1noc(Cn2cc(CN)nn2)n1. The van der Waals surface area contributed by atoms with E-state index in [4.69, 9.17) is 10.3 Å². The molecule has 2 N–H and O–H groups in total. The summed E-state index contributed by atoms with van der Waals surface area (Å²) in [6.07, 6.45) is 5.10. The average molecular weight is 260 g/mol. The number of nitrogens with two attached hydrogens (primary N) is 1. The largest absolute Gasteiger partial charge is 0.337 e. The highest BCUT2D eigenvalue weighted by Crippen LogP contribution is 2.14. The second-order valence-electron chi connectivity index (χ2n) is 4.01. The molecule has 19 heavy (non-hydrogen) atoms. The molecule has 9 heteroatoms. The summed E-state index contributed by atoms with van der Waals surface area (Å²) in [4.78, 5) is 8.29. The van der Waals surface area contributed by atoms with E-state index in [1.165, 1.54) is 0 Å². The van der Waals surface area contributed by atoms with Crippen molar-refractivity contribution in [2.24, 2.45) is 12.8 Å². The van der Waals surface area contributed by atoms with Crippen LogP contribution in [0.1, 0.15) is 11.6 Å². The number of rotatable bonds is 4. The third-order valence-electron chi connectivity index (χ3n) is 2.61. The molecule has 0 radical (unpaired) electrons. The van der Waals surface area contributed by atoms with Gasteiger partial charge in [-0.25, -0.2) is 9.67 Å². The lowest BCUT2D eigenvalue weighted by Gasteiger charge is -1.93. The molecule has 0 aliphatic rings. The van der Waals surface area contributed by atoms with Crippen molar-refractivity contribution >= 4 is 0 Å². The van der Waals surface area contributed by atoms with Gasteiger partial charge in [0.1, 0.15) is 12.2 Å². The molecule has 0 bridgehead atoms. The molecule has 0 fully saturated rings. The van der Waals surface area contributed by atoms with Crippen LogP contribution in [0.2, 0.25) is 0 Å². The predicted octanol–water partition coefficient (Wildman–Crippen LogP) is -0.431. The van der Waals surface area contributed by atoms with Crippen LogP contribution in [0.5, 0.6) is 0 Å². The van der Waals surface area contributed by atoms with Crippen LogP contribution in [0.3, 0.4) is 0 Å². The van der Waals surface area contributed by atoms with Crippen molar-refractivity contribution in [1.29, 1.82) is 0 Å². The van der Waals surface area contributed by atoms with Crippen molar-refractivity contribution in [1.82, 2.24) is 34.7 Å². The first-order chi connectivity index (χ1) is 9.26. The van der Waals surface area contributed by atoms with E-state index < -0.39 is 0 Å². The molecule has 0 unspecified atom stereocenters. The molecule has 98 valence electrons. The molecule has 3 rings (SSSR count). The summed E-state index contributed by atoms with van der Waals surface area (Å²) in [5.74, 6) is 0.943. The van der Waals surface area contributed by atoms with Gasteiger partial charge in [0, 0.05) is 13.6 Å². The predicted molar refractivity (Wildman–Crippen MR) is 63.5 cm³/mol. The van der Waals surface area contributed by atoms with Crippen LogP contribution in [0.4, 0.5) is 0 Å². The molecule has 0 aliphatic heterocycles. The van der Waals surface area contributed by atoms with E-state index in [0.29, 0.717) is 30.5 Å². The van der Waals surface area contributed by atoms with Gasteiger partial charge in [-0.2, -0.15) is 4.98 Å². The third kappa shape index (κ3) is 2.22. The zero-order chi connectivity index (χ0) is 13.2. The van der Waals surface area contributed by atoms with Crippen molar-refractivity contribution < 1.29 is 4.52 Å². The highest BCUT2D eigenvalue weighted by molar-refractivity contribution is 5.46. The fourth-order valence-electron chi connectivity index (χ4n) is 1.64. The Kier molecular flexibility index (Phi) is 2.80. The quantitative estimate of drug-likeness (QED) is 0.676. The Morgan fingerprint density at radius 2 is 2.32 bits per heavy atom. The maximum Gasteiger partial charge on any atom is 0.248 e. The molecule has 0 aromatic carbocycles. The van der Waals surface area contributed by atoms with Gasteiger partial charge in [-0.05, 0) is 0 Å². The molecule has 0 saturated carbocycles. The van der Waals surface area contributed by atoms with Gasteiger partial charge >= 0.3 is 0 Å². The van der Waals surface area contributed by atoms with Gasteiger partial charge in [0.05, 0.1) is 24.4 Å². The highest BCUT2D eigenvalue weighted by atomic mass is 16.5. The van der Waals surface area contributed by atoms with E-state index in [0.717, 1.165) is 5.69 Å². The number of aromatic nitrogens is 7. The molecule has 3 aromatic heterocycles. The summed E-state index contributed by atoms with van der Waals surface area (Å²) in [7, 11) is 1.86. The van der Waals surface area contributed by atoms with Crippen LogP contribution in [0.15, 0.2) is 23.2 Å². The van der Waals surface area contributed by atoms with Gasteiger partial charge < -0.3 is 14.8 Å².